The van der Waals surface area contributed by atoms with Gasteiger partial charge >= 0.3 is 0 Å². The Morgan fingerprint density at radius 1 is 1.08 bits per heavy atom. The van der Waals surface area contributed by atoms with Crippen molar-refractivity contribution in [1.29, 1.82) is 0 Å². The third-order valence-electron chi connectivity index (χ3n) is 1.98. The Labute approximate surface area is 77.8 Å². The van der Waals surface area contributed by atoms with Crippen LogP contribution in [0.2, 0.25) is 5.04 Å². The Morgan fingerprint density at radius 3 is 2.17 bits per heavy atom. The SMILES string of the molecule is Cc1ccccc1[SiH2]C(C)(C)C. The first-order valence-corrected chi connectivity index (χ1v) is 5.95. The van der Waals surface area contributed by atoms with E-state index in [-0.39, 0.29) is 9.52 Å². The number of benzene rings is 1. The van der Waals surface area contributed by atoms with Crippen LogP contribution >= 0.6 is 0 Å². The Balaban J connectivity index is 2.83. The summed E-state index contributed by atoms with van der Waals surface area (Å²) in [5.41, 5.74) is 1.47. The van der Waals surface area contributed by atoms with Crippen molar-refractivity contribution in [3.05, 3.63) is 29.8 Å². The average molecular weight is 178 g/mol. The zero-order valence-electron chi connectivity index (χ0n) is 8.52. The lowest BCUT2D eigenvalue weighted by Gasteiger charge is -2.18. The summed E-state index contributed by atoms with van der Waals surface area (Å²) in [6, 6.07) is 8.78. The second kappa shape index (κ2) is 3.44. The van der Waals surface area contributed by atoms with Gasteiger partial charge in [-0.1, -0.05) is 55.8 Å². The molecule has 0 aromatic heterocycles. The summed E-state index contributed by atoms with van der Waals surface area (Å²) in [6.45, 7) is 9.23. The summed E-state index contributed by atoms with van der Waals surface area (Å²) < 4.78 is 0. The van der Waals surface area contributed by atoms with E-state index in [0.717, 1.165) is 0 Å². The molecule has 0 amide bonds. The molecule has 0 spiro atoms. The maximum atomic E-state index is 2.34. The van der Waals surface area contributed by atoms with Crippen molar-refractivity contribution in [2.75, 3.05) is 0 Å². The number of hydrogen-bond donors (Lipinski definition) is 0. The summed E-state index contributed by atoms with van der Waals surface area (Å²) in [4.78, 5) is 0. The second-order valence-electron chi connectivity index (χ2n) is 4.66. The molecule has 1 heteroatoms. The molecule has 0 bridgehead atoms. The fraction of sp³-hybridized carbons (Fsp3) is 0.455. The normalized spacial score (nSPS) is 12.7. The highest BCUT2D eigenvalue weighted by atomic mass is 28.2. The molecule has 0 saturated carbocycles. The molecule has 0 unspecified atom stereocenters. The molecule has 0 aliphatic heterocycles. The maximum absolute atomic E-state index is 2.34. The number of rotatable bonds is 1. The van der Waals surface area contributed by atoms with Gasteiger partial charge in [-0.15, -0.1) is 0 Å². The molecular weight excluding hydrogens is 160 g/mol. The topological polar surface area (TPSA) is 0 Å². The van der Waals surface area contributed by atoms with Crippen LogP contribution < -0.4 is 5.19 Å². The van der Waals surface area contributed by atoms with Crippen molar-refractivity contribution in [3.8, 4) is 0 Å². The van der Waals surface area contributed by atoms with Crippen LogP contribution in [-0.2, 0) is 0 Å². The Morgan fingerprint density at radius 2 is 1.67 bits per heavy atom. The zero-order chi connectivity index (χ0) is 9.19. The van der Waals surface area contributed by atoms with Crippen molar-refractivity contribution in [2.45, 2.75) is 32.7 Å². The molecule has 0 nitrogen and oxygen atoms in total. The van der Waals surface area contributed by atoms with E-state index in [1.165, 1.54) is 5.56 Å². The molecule has 1 aromatic carbocycles. The summed E-state index contributed by atoms with van der Waals surface area (Å²) in [7, 11) is -0.102. The Bertz CT molecular complexity index is 258. The predicted molar refractivity (Wildman–Crippen MR) is 59.1 cm³/mol. The molecule has 1 aromatic rings. The van der Waals surface area contributed by atoms with Crippen molar-refractivity contribution in [3.63, 3.8) is 0 Å². The lowest BCUT2D eigenvalue weighted by Crippen LogP contribution is -2.25. The first-order chi connectivity index (χ1) is 5.49. The molecule has 0 heterocycles. The van der Waals surface area contributed by atoms with Gasteiger partial charge in [0.05, 0.1) is 9.52 Å². The van der Waals surface area contributed by atoms with Crippen molar-refractivity contribution in [2.24, 2.45) is 0 Å². The summed E-state index contributed by atoms with van der Waals surface area (Å²) in [6.07, 6.45) is 0. The molecule has 0 fully saturated rings. The first kappa shape index (κ1) is 9.52. The highest BCUT2D eigenvalue weighted by Crippen LogP contribution is 2.19. The van der Waals surface area contributed by atoms with Crippen LogP contribution in [0, 0.1) is 6.92 Å². The van der Waals surface area contributed by atoms with Crippen LogP contribution in [0.5, 0.6) is 0 Å². The van der Waals surface area contributed by atoms with E-state index in [4.69, 9.17) is 0 Å². The lowest BCUT2D eigenvalue weighted by molar-refractivity contribution is 0.759. The van der Waals surface area contributed by atoms with Crippen molar-refractivity contribution >= 4 is 14.7 Å². The van der Waals surface area contributed by atoms with Crippen LogP contribution in [0.25, 0.3) is 0 Å². The van der Waals surface area contributed by atoms with E-state index in [9.17, 15) is 0 Å². The maximum Gasteiger partial charge on any atom is 0.0604 e. The molecule has 12 heavy (non-hydrogen) atoms. The van der Waals surface area contributed by atoms with Gasteiger partial charge in [0.25, 0.3) is 0 Å². The first-order valence-electron chi connectivity index (χ1n) is 4.53. The van der Waals surface area contributed by atoms with Gasteiger partial charge in [-0.2, -0.15) is 0 Å². The average Bonchev–Trinajstić information content (AvgIpc) is 1.91. The van der Waals surface area contributed by atoms with Gasteiger partial charge < -0.3 is 0 Å². The minimum atomic E-state index is -0.102. The lowest BCUT2D eigenvalue weighted by atomic mass is 10.2. The Hall–Kier alpha value is -0.563. The molecule has 0 atom stereocenters. The van der Waals surface area contributed by atoms with Gasteiger partial charge in [0, 0.05) is 0 Å². The third kappa shape index (κ3) is 2.82. The molecule has 0 N–H and O–H groups in total. The number of hydrogen-bond acceptors (Lipinski definition) is 0. The molecular formula is C11H18Si. The fourth-order valence-electron chi connectivity index (χ4n) is 1.38. The number of aryl methyl sites for hydroxylation is 1. The van der Waals surface area contributed by atoms with E-state index in [2.05, 4.69) is 52.0 Å². The molecule has 0 aliphatic rings. The van der Waals surface area contributed by atoms with Crippen LogP contribution in [-0.4, -0.2) is 9.52 Å². The van der Waals surface area contributed by atoms with Crippen molar-refractivity contribution in [1.82, 2.24) is 0 Å². The molecule has 0 saturated heterocycles. The Kier molecular flexibility index (Phi) is 2.73. The second-order valence-corrected chi connectivity index (χ2v) is 7.90. The van der Waals surface area contributed by atoms with Gasteiger partial charge in [0.1, 0.15) is 0 Å². The van der Waals surface area contributed by atoms with E-state index < -0.39 is 0 Å². The summed E-state index contributed by atoms with van der Waals surface area (Å²) >= 11 is 0. The van der Waals surface area contributed by atoms with E-state index in [1.54, 1.807) is 5.19 Å². The minimum absolute atomic E-state index is 0.102. The quantitative estimate of drug-likeness (QED) is 0.577. The van der Waals surface area contributed by atoms with Crippen LogP contribution in [0.15, 0.2) is 24.3 Å². The van der Waals surface area contributed by atoms with Gasteiger partial charge in [0.2, 0.25) is 0 Å². The van der Waals surface area contributed by atoms with Crippen molar-refractivity contribution < 1.29 is 0 Å². The fourth-order valence-corrected chi connectivity index (χ4v) is 3.17. The van der Waals surface area contributed by atoms with Gasteiger partial charge in [-0.3, -0.25) is 0 Å². The van der Waals surface area contributed by atoms with E-state index in [1.807, 2.05) is 0 Å². The molecule has 0 radical (unpaired) electrons. The molecule has 66 valence electrons. The third-order valence-corrected chi connectivity index (χ3v) is 4.22. The van der Waals surface area contributed by atoms with Gasteiger partial charge in [-0.25, -0.2) is 0 Å². The smallest absolute Gasteiger partial charge is 0.0604 e. The zero-order valence-corrected chi connectivity index (χ0v) is 9.93. The van der Waals surface area contributed by atoms with Gasteiger partial charge in [0.15, 0.2) is 0 Å². The van der Waals surface area contributed by atoms with Crippen LogP contribution in [0.4, 0.5) is 0 Å². The highest BCUT2D eigenvalue weighted by molar-refractivity contribution is 6.57. The predicted octanol–water partition coefficient (Wildman–Crippen LogP) is 2.01. The largest absolute Gasteiger partial charge is 0.0636 e. The molecule has 0 aliphatic carbocycles. The van der Waals surface area contributed by atoms with E-state index in [0.29, 0.717) is 5.04 Å². The monoisotopic (exact) mass is 178 g/mol. The van der Waals surface area contributed by atoms with Gasteiger partial charge in [-0.05, 0) is 12.0 Å². The van der Waals surface area contributed by atoms with Crippen LogP contribution in [0.3, 0.4) is 0 Å². The summed E-state index contributed by atoms with van der Waals surface area (Å²) in [5, 5.41) is 2.15. The summed E-state index contributed by atoms with van der Waals surface area (Å²) in [5.74, 6) is 0. The van der Waals surface area contributed by atoms with Crippen LogP contribution in [0.1, 0.15) is 26.3 Å². The standard InChI is InChI=1S/C11H18Si/c1-9-7-5-6-8-10(9)12-11(2,3)4/h5-8H,12H2,1-4H3. The van der Waals surface area contributed by atoms with E-state index >= 15 is 0 Å². The minimum Gasteiger partial charge on any atom is -0.0636 e. The highest BCUT2D eigenvalue weighted by Gasteiger charge is 2.12. The molecule has 1 rings (SSSR count).